The summed E-state index contributed by atoms with van der Waals surface area (Å²) in [6.07, 6.45) is 4.84. The molecule has 0 saturated carbocycles. The second-order valence-electron chi connectivity index (χ2n) is 9.32. The van der Waals surface area contributed by atoms with Crippen molar-refractivity contribution in [3.63, 3.8) is 0 Å². The lowest BCUT2D eigenvalue weighted by atomic mass is 10.0. The fraction of sp³-hybridized carbons (Fsp3) is 0.0938. The van der Waals surface area contributed by atoms with Gasteiger partial charge in [-0.3, -0.25) is 14.7 Å². The highest BCUT2D eigenvalue weighted by Crippen LogP contribution is 2.35. The van der Waals surface area contributed by atoms with Gasteiger partial charge in [0.1, 0.15) is 17.4 Å². The molecule has 0 spiro atoms. The standard InChI is InChI=1S/C32H25ClN4O2/c1-36-29(24-12-10-23(11-13-24)22-7-3-2-4-8-22)20-35-32(36)28(19-27-9-5-6-16-34-27)37(21-38)31-18-25-17-26(33)14-15-30(25)39-31/h2-18,20-21,28H,19H2,1H3. The number of carbonyl (C=O) groups is 1. The Morgan fingerprint density at radius 1 is 0.897 bits per heavy atom. The van der Waals surface area contributed by atoms with E-state index in [0.717, 1.165) is 34.3 Å². The summed E-state index contributed by atoms with van der Waals surface area (Å²) in [5.41, 5.74) is 5.77. The SMILES string of the molecule is Cn1c(-c2ccc(-c3ccccc3)cc2)cnc1C(Cc1ccccn1)N(C=O)c1cc2cc(Cl)ccc2o1. The molecule has 0 aliphatic carbocycles. The number of aromatic nitrogens is 3. The first-order valence-electron chi connectivity index (χ1n) is 12.6. The minimum absolute atomic E-state index is 0.417. The van der Waals surface area contributed by atoms with Gasteiger partial charge in [-0.1, -0.05) is 72.3 Å². The van der Waals surface area contributed by atoms with E-state index < -0.39 is 6.04 Å². The Labute approximate surface area is 231 Å². The van der Waals surface area contributed by atoms with Crippen LogP contribution in [0.1, 0.15) is 17.6 Å². The van der Waals surface area contributed by atoms with Crippen LogP contribution >= 0.6 is 11.6 Å². The van der Waals surface area contributed by atoms with E-state index in [2.05, 4.69) is 41.4 Å². The third-order valence-corrected chi connectivity index (χ3v) is 7.14. The van der Waals surface area contributed by atoms with Crippen molar-refractivity contribution < 1.29 is 9.21 Å². The second kappa shape index (κ2) is 10.6. The van der Waals surface area contributed by atoms with E-state index in [-0.39, 0.29) is 0 Å². The summed E-state index contributed by atoms with van der Waals surface area (Å²) in [5.74, 6) is 1.13. The van der Waals surface area contributed by atoms with E-state index in [4.69, 9.17) is 21.0 Å². The van der Waals surface area contributed by atoms with E-state index in [9.17, 15) is 4.79 Å². The maximum Gasteiger partial charge on any atom is 0.217 e. The Hall–Kier alpha value is -4.68. The van der Waals surface area contributed by atoms with Gasteiger partial charge in [0.2, 0.25) is 12.3 Å². The first-order valence-corrected chi connectivity index (χ1v) is 13.0. The molecule has 0 fully saturated rings. The van der Waals surface area contributed by atoms with E-state index in [1.165, 1.54) is 5.56 Å². The van der Waals surface area contributed by atoms with E-state index in [1.54, 1.807) is 23.2 Å². The van der Waals surface area contributed by atoms with Crippen LogP contribution in [0.4, 0.5) is 5.88 Å². The third kappa shape index (κ3) is 4.94. The number of pyridine rings is 1. The van der Waals surface area contributed by atoms with Crippen LogP contribution in [-0.4, -0.2) is 20.9 Å². The Bertz CT molecular complexity index is 1730. The molecule has 6 aromatic rings. The number of halogens is 1. The van der Waals surface area contributed by atoms with Gasteiger partial charge in [-0.15, -0.1) is 0 Å². The lowest BCUT2D eigenvalue weighted by Gasteiger charge is -2.26. The molecule has 3 heterocycles. The Morgan fingerprint density at radius 3 is 2.38 bits per heavy atom. The molecule has 39 heavy (non-hydrogen) atoms. The first kappa shape index (κ1) is 24.6. The number of benzene rings is 3. The molecule has 192 valence electrons. The molecule has 6 nitrogen and oxygen atoms in total. The number of hydrogen-bond acceptors (Lipinski definition) is 4. The lowest BCUT2D eigenvalue weighted by molar-refractivity contribution is -0.108. The molecule has 6 rings (SSSR count). The summed E-state index contributed by atoms with van der Waals surface area (Å²) in [6, 6.07) is 31.2. The second-order valence-corrected chi connectivity index (χ2v) is 9.76. The van der Waals surface area contributed by atoms with Crippen LogP contribution in [-0.2, 0) is 18.3 Å². The molecule has 0 N–H and O–H groups in total. The van der Waals surface area contributed by atoms with E-state index in [0.29, 0.717) is 28.7 Å². The van der Waals surface area contributed by atoms with Crippen LogP contribution in [0.5, 0.6) is 0 Å². The van der Waals surface area contributed by atoms with Gasteiger partial charge in [-0.25, -0.2) is 4.98 Å². The number of amides is 1. The van der Waals surface area contributed by atoms with Gasteiger partial charge in [0, 0.05) is 41.8 Å². The lowest BCUT2D eigenvalue weighted by Crippen LogP contribution is -2.31. The molecule has 7 heteroatoms. The fourth-order valence-electron chi connectivity index (χ4n) is 4.90. The number of anilines is 1. The molecule has 0 bridgehead atoms. The van der Waals surface area contributed by atoms with Gasteiger partial charge < -0.3 is 8.98 Å². The zero-order chi connectivity index (χ0) is 26.8. The van der Waals surface area contributed by atoms with Gasteiger partial charge in [-0.05, 0) is 47.0 Å². The Morgan fingerprint density at radius 2 is 1.64 bits per heavy atom. The van der Waals surface area contributed by atoms with Crippen molar-refractivity contribution in [1.29, 1.82) is 0 Å². The zero-order valence-corrected chi connectivity index (χ0v) is 22.0. The van der Waals surface area contributed by atoms with Crippen molar-refractivity contribution in [2.75, 3.05) is 4.90 Å². The maximum atomic E-state index is 12.6. The van der Waals surface area contributed by atoms with Crippen LogP contribution in [0.25, 0.3) is 33.4 Å². The average Bonchev–Trinajstić information content (AvgIpc) is 3.57. The molecule has 0 aliphatic heterocycles. The Balaban J connectivity index is 1.39. The van der Waals surface area contributed by atoms with E-state index >= 15 is 0 Å². The Kier molecular flexibility index (Phi) is 6.69. The molecule has 0 radical (unpaired) electrons. The van der Waals surface area contributed by atoms with Crippen LogP contribution < -0.4 is 4.90 Å². The average molecular weight is 533 g/mol. The number of imidazole rings is 1. The molecular weight excluding hydrogens is 508 g/mol. The van der Waals surface area contributed by atoms with Gasteiger partial charge >= 0.3 is 0 Å². The van der Waals surface area contributed by atoms with Crippen molar-refractivity contribution in [2.24, 2.45) is 7.05 Å². The monoisotopic (exact) mass is 532 g/mol. The summed E-state index contributed by atoms with van der Waals surface area (Å²) < 4.78 is 8.11. The topological polar surface area (TPSA) is 64.2 Å². The van der Waals surface area contributed by atoms with Crippen LogP contribution in [0, 0.1) is 0 Å². The molecule has 3 aromatic heterocycles. The smallest absolute Gasteiger partial charge is 0.217 e. The quantitative estimate of drug-likeness (QED) is 0.190. The minimum atomic E-state index is -0.462. The van der Waals surface area contributed by atoms with Crippen molar-refractivity contribution in [3.05, 3.63) is 126 Å². The van der Waals surface area contributed by atoms with E-state index in [1.807, 2.05) is 66.3 Å². The number of carbonyl (C=O) groups excluding carboxylic acids is 1. The van der Waals surface area contributed by atoms with Crippen LogP contribution in [0.2, 0.25) is 5.02 Å². The summed E-state index contributed by atoms with van der Waals surface area (Å²) in [5, 5.41) is 1.42. The summed E-state index contributed by atoms with van der Waals surface area (Å²) in [6.45, 7) is 0. The van der Waals surface area contributed by atoms with Crippen molar-refractivity contribution in [3.8, 4) is 22.4 Å². The highest BCUT2D eigenvalue weighted by Gasteiger charge is 2.29. The first-order chi connectivity index (χ1) is 19.1. The largest absolute Gasteiger partial charge is 0.440 e. The van der Waals surface area contributed by atoms with Crippen molar-refractivity contribution in [1.82, 2.24) is 14.5 Å². The van der Waals surface area contributed by atoms with Gasteiger partial charge in [0.05, 0.1) is 11.9 Å². The summed E-state index contributed by atoms with van der Waals surface area (Å²) in [7, 11) is 1.97. The van der Waals surface area contributed by atoms with Crippen molar-refractivity contribution in [2.45, 2.75) is 12.5 Å². The highest BCUT2D eigenvalue weighted by molar-refractivity contribution is 6.31. The summed E-state index contributed by atoms with van der Waals surface area (Å²) >= 11 is 6.19. The molecular formula is C32H25ClN4O2. The van der Waals surface area contributed by atoms with Crippen LogP contribution in [0.3, 0.4) is 0 Å². The van der Waals surface area contributed by atoms with Gasteiger partial charge in [0.25, 0.3) is 0 Å². The number of furan rings is 1. The molecule has 1 unspecified atom stereocenters. The third-order valence-electron chi connectivity index (χ3n) is 6.91. The molecule has 3 aromatic carbocycles. The molecule has 0 aliphatic rings. The molecule has 0 saturated heterocycles. The minimum Gasteiger partial charge on any atom is -0.440 e. The van der Waals surface area contributed by atoms with Gasteiger partial charge in [0.15, 0.2) is 0 Å². The summed E-state index contributed by atoms with van der Waals surface area (Å²) in [4.78, 5) is 23.5. The number of fused-ring (bicyclic) bond motifs is 1. The highest BCUT2D eigenvalue weighted by atomic mass is 35.5. The zero-order valence-electron chi connectivity index (χ0n) is 21.2. The maximum absolute atomic E-state index is 12.6. The fourth-order valence-corrected chi connectivity index (χ4v) is 5.08. The van der Waals surface area contributed by atoms with Gasteiger partial charge in [-0.2, -0.15) is 0 Å². The normalized spacial score (nSPS) is 11.9. The van der Waals surface area contributed by atoms with Crippen LogP contribution in [0.15, 0.2) is 114 Å². The molecule has 1 amide bonds. The molecule has 1 atom stereocenters. The predicted octanol–water partition coefficient (Wildman–Crippen LogP) is 7.50. The number of hydrogen-bond donors (Lipinski definition) is 0. The van der Waals surface area contributed by atoms with Crippen molar-refractivity contribution >= 4 is 34.9 Å². The number of nitrogens with zero attached hydrogens (tertiary/aromatic N) is 4. The number of rotatable bonds is 8. The predicted molar refractivity (Wildman–Crippen MR) is 155 cm³/mol.